The highest BCUT2D eigenvalue weighted by molar-refractivity contribution is 6.33. The van der Waals surface area contributed by atoms with Crippen LogP contribution in [0.2, 0.25) is 5.02 Å². The average molecular weight is 408 g/mol. The van der Waals surface area contributed by atoms with Crippen LogP contribution in [-0.4, -0.2) is 40.5 Å². The zero-order valence-electron chi connectivity index (χ0n) is 16.5. The van der Waals surface area contributed by atoms with Crippen LogP contribution in [0.5, 0.6) is 17.2 Å². The summed E-state index contributed by atoms with van der Waals surface area (Å²) in [6.07, 6.45) is 0. The summed E-state index contributed by atoms with van der Waals surface area (Å²) in [7, 11) is 4.64. The molecule has 0 bridgehead atoms. The Morgan fingerprint density at radius 3 is 2.29 bits per heavy atom. The van der Waals surface area contributed by atoms with Crippen molar-refractivity contribution in [3.63, 3.8) is 0 Å². The summed E-state index contributed by atoms with van der Waals surface area (Å²) in [6, 6.07) is 10.7. The number of hydrogen-bond donors (Lipinski definition) is 1. The van der Waals surface area contributed by atoms with Crippen molar-refractivity contribution in [1.29, 1.82) is 0 Å². The maximum Gasteiger partial charge on any atom is 0.314 e. The average Bonchev–Trinajstić information content (AvgIpc) is 2.72. The minimum absolute atomic E-state index is 0.185. The molecule has 0 aromatic heterocycles. The lowest BCUT2D eigenvalue weighted by atomic mass is 9.81. The Labute approximate surface area is 170 Å². The molecule has 0 heterocycles. The first kappa shape index (κ1) is 21.9. The molecule has 7 heteroatoms. The molecule has 0 amide bonds. The van der Waals surface area contributed by atoms with Crippen LogP contribution < -0.4 is 19.9 Å². The normalized spacial score (nSPS) is 12.8. The van der Waals surface area contributed by atoms with Gasteiger partial charge < -0.3 is 24.7 Å². The minimum Gasteiger partial charge on any atom is -0.495 e. The van der Waals surface area contributed by atoms with Gasteiger partial charge in [0.05, 0.1) is 38.9 Å². The molecule has 0 fully saturated rings. The topological polar surface area (TPSA) is 80.0 Å². The molecule has 2 N–H and O–H groups in total. The second-order valence-corrected chi connectivity index (χ2v) is 6.43. The lowest BCUT2D eigenvalue weighted by molar-refractivity contribution is -0.145. The SMILES string of the molecule is CCOC(=O)C(c1ccc(OC)c(OC)c1)C(CN)c1cccc(OC)c1Cl. The van der Waals surface area contributed by atoms with E-state index in [1.165, 1.54) is 0 Å². The van der Waals surface area contributed by atoms with Crippen LogP contribution in [0.15, 0.2) is 36.4 Å². The van der Waals surface area contributed by atoms with E-state index in [0.717, 1.165) is 5.56 Å². The fourth-order valence-corrected chi connectivity index (χ4v) is 3.57. The highest BCUT2D eigenvalue weighted by atomic mass is 35.5. The maximum atomic E-state index is 12.9. The van der Waals surface area contributed by atoms with E-state index in [1.807, 2.05) is 12.1 Å². The molecule has 0 spiro atoms. The van der Waals surface area contributed by atoms with Crippen LogP contribution in [0.25, 0.3) is 0 Å². The summed E-state index contributed by atoms with van der Waals surface area (Å²) >= 11 is 6.52. The number of hydrogen-bond acceptors (Lipinski definition) is 6. The molecule has 0 aliphatic carbocycles. The number of nitrogens with two attached hydrogens (primary N) is 1. The van der Waals surface area contributed by atoms with Gasteiger partial charge in [-0.1, -0.05) is 29.8 Å². The van der Waals surface area contributed by atoms with Gasteiger partial charge >= 0.3 is 5.97 Å². The fourth-order valence-electron chi connectivity index (χ4n) is 3.23. The Morgan fingerprint density at radius 2 is 1.71 bits per heavy atom. The molecule has 2 aromatic carbocycles. The number of benzene rings is 2. The number of halogens is 1. The Kier molecular flexibility index (Phi) is 7.96. The van der Waals surface area contributed by atoms with Crippen LogP contribution in [0.4, 0.5) is 0 Å². The molecule has 2 aromatic rings. The molecule has 0 aliphatic rings. The smallest absolute Gasteiger partial charge is 0.314 e. The van der Waals surface area contributed by atoms with Crippen molar-refractivity contribution in [2.45, 2.75) is 18.8 Å². The van der Waals surface area contributed by atoms with Crippen molar-refractivity contribution in [2.24, 2.45) is 5.73 Å². The van der Waals surface area contributed by atoms with Gasteiger partial charge in [-0.3, -0.25) is 4.79 Å². The highest BCUT2D eigenvalue weighted by Gasteiger charge is 2.34. The van der Waals surface area contributed by atoms with E-state index in [1.54, 1.807) is 52.5 Å². The van der Waals surface area contributed by atoms with Crippen molar-refractivity contribution in [3.05, 3.63) is 52.5 Å². The molecule has 6 nitrogen and oxygen atoms in total. The summed E-state index contributed by atoms with van der Waals surface area (Å²) in [4.78, 5) is 12.9. The van der Waals surface area contributed by atoms with Crippen molar-refractivity contribution in [2.75, 3.05) is 34.5 Å². The first-order valence-electron chi connectivity index (χ1n) is 8.93. The summed E-state index contributed by atoms with van der Waals surface area (Å²) in [5.74, 6) is 0.130. The van der Waals surface area contributed by atoms with Crippen LogP contribution in [0, 0.1) is 0 Å². The van der Waals surface area contributed by atoms with Gasteiger partial charge in [0.15, 0.2) is 11.5 Å². The first-order valence-corrected chi connectivity index (χ1v) is 9.31. The van der Waals surface area contributed by atoms with Gasteiger partial charge in [-0.05, 0) is 36.2 Å². The molecule has 2 rings (SSSR count). The van der Waals surface area contributed by atoms with E-state index in [-0.39, 0.29) is 19.1 Å². The van der Waals surface area contributed by atoms with E-state index < -0.39 is 11.8 Å². The van der Waals surface area contributed by atoms with E-state index in [4.69, 9.17) is 36.3 Å². The minimum atomic E-state index is -0.672. The molecule has 0 saturated heterocycles. The molecule has 152 valence electrons. The number of rotatable bonds is 9. The molecule has 28 heavy (non-hydrogen) atoms. The van der Waals surface area contributed by atoms with Gasteiger partial charge in [0.25, 0.3) is 0 Å². The second-order valence-electron chi connectivity index (χ2n) is 6.05. The molecule has 0 saturated carbocycles. The number of carbonyl (C=O) groups excluding carboxylic acids is 1. The monoisotopic (exact) mass is 407 g/mol. The zero-order valence-corrected chi connectivity index (χ0v) is 17.3. The lowest BCUT2D eigenvalue weighted by Gasteiger charge is -2.27. The van der Waals surface area contributed by atoms with Crippen molar-refractivity contribution < 1.29 is 23.7 Å². The van der Waals surface area contributed by atoms with E-state index in [0.29, 0.717) is 27.8 Å². The van der Waals surface area contributed by atoms with Crippen LogP contribution in [0.3, 0.4) is 0 Å². The molecule has 0 radical (unpaired) electrons. The maximum absolute atomic E-state index is 12.9. The fraction of sp³-hybridized carbons (Fsp3) is 0.381. The van der Waals surface area contributed by atoms with Crippen LogP contribution in [0.1, 0.15) is 29.9 Å². The highest BCUT2D eigenvalue weighted by Crippen LogP contribution is 2.42. The van der Waals surface area contributed by atoms with Crippen molar-refractivity contribution in [3.8, 4) is 17.2 Å². The molecule has 0 aliphatic heterocycles. The third-order valence-electron chi connectivity index (χ3n) is 4.58. The summed E-state index contributed by atoms with van der Waals surface area (Å²) < 4.78 is 21.4. The Hall–Kier alpha value is -2.44. The van der Waals surface area contributed by atoms with E-state index >= 15 is 0 Å². The van der Waals surface area contributed by atoms with Gasteiger partial charge in [-0.15, -0.1) is 0 Å². The van der Waals surface area contributed by atoms with Crippen molar-refractivity contribution in [1.82, 2.24) is 0 Å². The largest absolute Gasteiger partial charge is 0.495 e. The van der Waals surface area contributed by atoms with E-state index in [9.17, 15) is 4.79 Å². The van der Waals surface area contributed by atoms with Gasteiger partial charge in [0.2, 0.25) is 0 Å². The standard InChI is InChI=1S/C21H26ClNO5/c1-5-28-21(24)19(13-9-10-16(25-2)18(11-13)27-4)15(12-23)14-7-6-8-17(26-3)20(14)22/h6-11,15,19H,5,12,23H2,1-4H3. The summed E-state index contributed by atoms with van der Waals surface area (Å²) in [5, 5.41) is 0.426. The molecular formula is C21H26ClNO5. The van der Waals surface area contributed by atoms with Crippen LogP contribution >= 0.6 is 11.6 Å². The Morgan fingerprint density at radius 1 is 1.04 bits per heavy atom. The van der Waals surface area contributed by atoms with Gasteiger partial charge in [0, 0.05) is 12.5 Å². The lowest BCUT2D eigenvalue weighted by Crippen LogP contribution is -2.28. The Bertz CT molecular complexity index is 811. The third-order valence-corrected chi connectivity index (χ3v) is 4.98. The predicted molar refractivity (Wildman–Crippen MR) is 109 cm³/mol. The number of methoxy groups -OCH3 is 3. The van der Waals surface area contributed by atoms with Crippen LogP contribution in [-0.2, 0) is 9.53 Å². The number of esters is 1. The molecule has 2 atom stereocenters. The zero-order chi connectivity index (χ0) is 20.7. The van der Waals surface area contributed by atoms with Gasteiger partial charge in [-0.2, -0.15) is 0 Å². The number of carbonyl (C=O) groups is 1. The summed E-state index contributed by atoms with van der Waals surface area (Å²) in [6.45, 7) is 2.20. The van der Waals surface area contributed by atoms with Gasteiger partial charge in [-0.25, -0.2) is 0 Å². The molecular weight excluding hydrogens is 382 g/mol. The van der Waals surface area contributed by atoms with Gasteiger partial charge in [0.1, 0.15) is 5.75 Å². The Balaban J connectivity index is 2.60. The van der Waals surface area contributed by atoms with E-state index in [2.05, 4.69) is 0 Å². The number of ether oxygens (including phenoxy) is 4. The predicted octanol–water partition coefficient (Wildman–Crippen LogP) is 3.76. The quantitative estimate of drug-likeness (QED) is 0.637. The summed E-state index contributed by atoms with van der Waals surface area (Å²) in [5.41, 5.74) is 7.52. The second kappa shape index (κ2) is 10.2. The third kappa shape index (κ3) is 4.51. The van der Waals surface area contributed by atoms with Crippen molar-refractivity contribution >= 4 is 17.6 Å². The first-order chi connectivity index (χ1) is 13.5. The molecule has 2 unspecified atom stereocenters.